The molecule has 0 unspecified atom stereocenters. The molecule has 0 bridgehead atoms. The van der Waals surface area contributed by atoms with Crippen molar-refractivity contribution in [3.63, 3.8) is 0 Å². The highest BCUT2D eigenvalue weighted by Gasteiger charge is 2.09. The first-order chi connectivity index (χ1) is 11.8. The van der Waals surface area contributed by atoms with Crippen molar-refractivity contribution in [2.24, 2.45) is 0 Å². The van der Waals surface area contributed by atoms with Crippen LogP contribution in [0.5, 0.6) is 0 Å². The number of hydrogen-bond donors (Lipinski definition) is 0. The summed E-state index contributed by atoms with van der Waals surface area (Å²) in [6, 6.07) is 9.11. The summed E-state index contributed by atoms with van der Waals surface area (Å²) in [4.78, 5) is 25.8. The molecule has 0 radical (unpaired) electrons. The maximum atomic E-state index is 12.5. The normalized spacial score (nSPS) is 11.3. The predicted octanol–water partition coefficient (Wildman–Crippen LogP) is 3.38. The van der Waals surface area contributed by atoms with Crippen LogP contribution in [0.4, 0.5) is 0 Å². The lowest BCUT2D eigenvalue weighted by molar-refractivity contribution is 1.08. The Kier molecular flexibility index (Phi) is 3.72. The molecule has 4 aromatic heterocycles. The summed E-state index contributed by atoms with van der Waals surface area (Å²) in [6.45, 7) is 0. The lowest BCUT2D eigenvalue weighted by atomic mass is 10.2. The lowest BCUT2D eigenvalue weighted by Gasteiger charge is -2.01. The Bertz CT molecular complexity index is 1070. The van der Waals surface area contributed by atoms with Crippen LogP contribution in [-0.2, 0) is 0 Å². The van der Waals surface area contributed by atoms with Gasteiger partial charge in [0.25, 0.3) is 5.56 Å². The number of hydrogen-bond acceptors (Lipinski definition) is 5. The van der Waals surface area contributed by atoms with Gasteiger partial charge >= 0.3 is 0 Å². The smallest absolute Gasteiger partial charge is 0.259 e. The van der Waals surface area contributed by atoms with Crippen LogP contribution in [0.2, 0.25) is 0 Å². The number of rotatable bonds is 3. The summed E-state index contributed by atoms with van der Waals surface area (Å²) in [6.07, 6.45) is 10.6. The quantitative estimate of drug-likeness (QED) is 0.577. The molecule has 24 heavy (non-hydrogen) atoms. The van der Waals surface area contributed by atoms with E-state index in [4.69, 9.17) is 0 Å². The molecule has 0 saturated heterocycles. The molecule has 0 atom stereocenters. The Morgan fingerprint density at radius 1 is 1.04 bits per heavy atom. The van der Waals surface area contributed by atoms with Gasteiger partial charge < -0.3 is 0 Å². The lowest BCUT2D eigenvalue weighted by Crippen LogP contribution is -2.13. The second kappa shape index (κ2) is 6.17. The topological polar surface area (TPSA) is 60.2 Å². The van der Waals surface area contributed by atoms with Gasteiger partial charge in [0.15, 0.2) is 4.96 Å². The van der Waals surface area contributed by atoms with Gasteiger partial charge in [0.2, 0.25) is 0 Å². The molecule has 4 heterocycles. The molecule has 0 amide bonds. The second-order valence-corrected chi connectivity index (χ2v) is 5.95. The molecular formula is C18H12N4OS. The molecule has 0 fully saturated rings. The van der Waals surface area contributed by atoms with E-state index in [2.05, 4.69) is 15.0 Å². The van der Waals surface area contributed by atoms with Gasteiger partial charge in [0.05, 0.1) is 11.4 Å². The number of thiazole rings is 1. The Morgan fingerprint density at radius 3 is 2.71 bits per heavy atom. The average Bonchev–Trinajstić information content (AvgIpc) is 3.06. The van der Waals surface area contributed by atoms with Gasteiger partial charge in [-0.25, -0.2) is 4.98 Å². The van der Waals surface area contributed by atoms with Gasteiger partial charge in [-0.15, -0.1) is 11.3 Å². The molecule has 0 aliphatic rings. The molecule has 4 rings (SSSR count). The highest BCUT2D eigenvalue weighted by Crippen LogP contribution is 2.23. The Morgan fingerprint density at radius 2 is 1.92 bits per heavy atom. The van der Waals surface area contributed by atoms with Crippen molar-refractivity contribution in [2.45, 2.75) is 0 Å². The van der Waals surface area contributed by atoms with Crippen LogP contribution in [0, 0.1) is 0 Å². The molecule has 5 nitrogen and oxygen atoms in total. The summed E-state index contributed by atoms with van der Waals surface area (Å²) in [7, 11) is 0. The van der Waals surface area contributed by atoms with Crippen molar-refractivity contribution in [2.75, 3.05) is 0 Å². The van der Waals surface area contributed by atoms with Gasteiger partial charge in [0, 0.05) is 41.8 Å². The van der Waals surface area contributed by atoms with E-state index in [1.807, 2.05) is 41.8 Å². The van der Waals surface area contributed by atoms with E-state index in [0.29, 0.717) is 10.7 Å². The van der Waals surface area contributed by atoms with E-state index in [-0.39, 0.29) is 5.56 Å². The fourth-order valence-electron chi connectivity index (χ4n) is 2.40. The minimum Gasteiger partial charge on any atom is -0.269 e. The summed E-state index contributed by atoms with van der Waals surface area (Å²) >= 11 is 1.44. The minimum atomic E-state index is -0.0982. The highest BCUT2D eigenvalue weighted by atomic mass is 32.1. The van der Waals surface area contributed by atoms with Crippen molar-refractivity contribution >= 4 is 28.4 Å². The van der Waals surface area contributed by atoms with E-state index in [9.17, 15) is 4.79 Å². The van der Waals surface area contributed by atoms with Crippen molar-refractivity contribution in [1.29, 1.82) is 0 Å². The third-order valence-corrected chi connectivity index (χ3v) is 4.36. The first-order valence-electron chi connectivity index (χ1n) is 7.31. The molecule has 0 saturated carbocycles. The van der Waals surface area contributed by atoms with E-state index < -0.39 is 0 Å². The summed E-state index contributed by atoms with van der Waals surface area (Å²) in [5.74, 6) is 0. The Hall–Kier alpha value is -3.12. The third kappa shape index (κ3) is 2.75. The molecule has 0 N–H and O–H groups in total. The number of fused-ring (bicyclic) bond motifs is 1. The Labute approximate surface area is 141 Å². The van der Waals surface area contributed by atoms with Crippen LogP contribution in [0.15, 0.2) is 65.3 Å². The standard InChI is InChI=1S/C18H12N4OS/c23-17-10-15(4-3-13-2-1-7-20-11-13)21-18-22(17)16(12-24-18)14-5-8-19-9-6-14/h1-12H. The van der Waals surface area contributed by atoms with Crippen LogP contribution in [0.1, 0.15) is 11.3 Å². The molecule has 0 aliphatic carbocycles. The van der Waals surface area contributed by atoms with Gasteiger partial charge in [-0.2, -0.15) is 0 Å². The monoisotopic (exact) mass is 332 g/mol. The van der Waals surface area contributed by atoms with Crippen LogP contribution in [0.3, 0.4) is 0 Å². The SMILES string of the molecule is O=c1cc(C=Cc2cccnc2)nc2scc(-c3ccncc3)n12. The maximum absolute atomic E-state index is 12.5. The summed E-state index contributed by atoms with van der Waals surface area (Å²) in [5.41, 5.74) is 3.27. The van der Waals surface area contributed by atoms with Gasteiger partial charge in [0.1, 0.15) is 0 Å². The van der Waals surface area contributed by atoms with Crippen LogP contribution >= 0.6 is 11.3 Å². The van der Waals surface area contributed by atoms with Crippen LogP contribution in [0.25, 0.3) is 28.4 Å². The molecular weight excluding hydrogens is 320 g/mol. The fraction of sp³-hybridized carbons (Fsp3) is 0. The largest absolute Gasteiger partial charge is 0.269 e. The third-order valence-electron chi connectivity index (χ3n) is 3.53. The molecule has 0 spiro atoms. The number of aromatic nitrogens is 4. The number of nitrogens with zero attached hydrogens (tertiary/aromatic N) is 4. The minimum absolute atomic E-state index is 0.0982. The fourth-order valence-corrected chi connectivity index (χ4v) is 3.31. The van der Waals surface area contributed by atoms with Crippen molar-refractivity contribution in [1.82, 2.24) is 19.4 Å². The van der Waals surface area contributed by atoms with Crippen molar-refractivity contribution < 1.29 is 0 Å². The van der Waals surface area contributed by atoms with Gasteiger partial charge in [-0.05, 0) is 29.8 Å². The van der Waals surface area contributed by atoms with Crippen molar-refractivity contribution in [3.8, 4) is 11.3 Å². The molecule has 0 aliphatic heterocycles. The molecule has 4 aromatic rings. The number of pyridine rings is 2. The second-order valence-electron chi connectivity index (χ2n) is 5.11. The zero-order valence-corrected chi connectivity index (χ0v) is 13.4. The summed E-state index contributed by atoms with van der Waals surface area (Å²) in [5, 5.41) is 1.94. The van der Waals surface area contributed by atoms with Crippen LogP contribution < -0.4 is 5.56 Å². The zero-order chi connectivity index (χ0) is 16.4. The average molecular weight is 332 g/mol. The highest BCUT2D eigenvalue weighted by molar-refractivity contribution is 7.15. The molecule has 6 heteroatoms. The Balaban J connectivity index is 1.77. The maximum Gasteiger partial charge on any atom is 0.259 e. The predicted molar refractivity (Wildman–Crippen MR) is 95.7 cm³/mol. The van der Waals surface area contributed by atoms with Gasteiger partial charge in [-0.3, -0.25) is 19.2 Å². The first-order valence-corrected chi connectivity index (χ1v) is 8.19. The first kappa shape index (κ1) is 14.5. The van der Waals surface area contributed by atoms with Crippen LogP contribution in [-0.4, -0.2) is 19.4 Å². The van der Waals surface area contributed by atoms with E-state index in [0.717, 1.165) is 16.8 Å². The van der Waals surface area contributed by atoms with E-state index >= 15 is 0 Å². The van der Waals surface area contributed by atoms with Gasteiger partial charge in [-0.1, -0.05) is 12.1 Å². The molecule has 0 aromatic carbocycles. The summed E-state index contributed by atoms with van der Waals surface area (Å²) < 4.78 is 1.63. The zero-order valence-electron chi connectivity index (χ0n) is 12.5. The van der Waals surface area contributed by atoms with E-state index in [1.165, 1.54) is 17.4 Å². The van der Waals surface area contributed by atoms with E-state index in [1.54, 1.807) is 29.2 Å². The van der Waals surface area contributed by atoms with Crippen molar-refractivity contribution in [3.05, 3.63) is 82.1 Å². The molecule has 116 valence electrons.